The van der Waals surface area contributed by atoms with Crippen LogP contribution in [0.15, 0.2) is 54.6 Å². The van der Waals surface area contributed by atoms with Gasteiger partial charge < -0.3 is 25.6 Å². The van der Waals surface area contributed by atoms with E-state index in [9.17, 15) is 18.7 Å². The number of rotatable bonds is 8. The van der Waals surface area contributed by atoms with Crippen LogP contribution in [0.4, 0.5) is 13.2 Å². The van der Waals surface area contributed by atoms with Gasteiger partial charge in [0.1, 0.15) is 5.75 Å². The number of nitrogens with one attached hydrogen (secondary N) is 1. The Hall–Kier alpha value is -3.27. The summed E-state index contributed by atoms with van der Waals surface area (Å²) in [5.41, 5.74) is 4.94. The third kappa shape index (κ3) is 5.50. The summed E-state index contributed by atoms with van der Waals surface area (Å²) in [6.07, 6.45) is 2.93. The molecule has 1 aliphatic carbocycles. The molecule has 1 fully saturated rings. The standard InChI is InChI=1S/C31H32ClF3N2O4/c1-17-24-22(11-9-21(32)26(24)25-20(28(36)38)8-10-23(27(25)33)40-29(34)35)41-31(17,18-6-4-3-5-7-18)16-37-19-12-14-30(2,39)15-13-19/h3-11,17,19,29,37,39H,12-16H2,1-2H3,(H2,36,38)/t17-,19-,30+,31-/m0/s1. The molecule has 3 aromatic rings. The van der Waals surface area contributed by atoms with Gasteiger partial charge in [-0.15, -0.1) is 0 Å². The molecule has 4 N–H and O–H groups in total. The van der Waals surface area contributed by atoms with Crippen LogP contribution in [0.25, 0.3) is 11.1 Å². The SMILES string of the molecule is C[C@H]1c2c(ccc(Cl)c2-c2c(C(N)=O)ccc(OC(F)F)c2F)O[C@]1(CN[C@H]1CC[C@@](C)(O)CC1)c1ccccc1. The first-order chi connectivity index (χ1) is 19.4. The number of carbonyl (C=O) groups is 1. The van der Waals surface area contributed by atoms with Crippen molar-refractivity contribution in [3.8, 4) is 22.6 Å². The number of ether oxygens (including phenoxy) is 2. The Morgan fingerprint density at radius 3 is 2.46 bits per heavy atom. The predicted molar refractivity (Wildman–Crippen MR) is 150 cm³/mol. The van der Waals surface area contributed by atoms with Gasteiger partial charge in [0.05, 0.1) is 11.2 Å². The lowest BCUT2D eigenvalue weighted by Crippen LogP contribution is -2.49. The predicted octanol–water partition coefficient (Wildman–Crippen LogP) is 6.52. The third-order valence-corrected chi connectivity index (χ3v) is 8.71. The lowest BCUT2D eigenvalue weighted by atomic mass is 9.77. The van der Waals surface area contributed by atoms with E-state index in [1.54, 1.807) is 6.07 Å². The molecule has 5 rings (SSSR count). The van der Waals surface area contributed by atoms with E-state index in [0.717, 1.165) is 30.5 Å². The molecule has 1 heterocycles. The van der Waals surface area contributed by atoms with Gasteiger partial charge >= 0.3 is 6.61 Å². The van der Waals surface area contributed by atoms with Gasteiger partial charge in [0, 0.05) is 40.2 Å². The second-order valence-electron chi connectivity index (χ2n) is 11.1. The lowest BCUT2D eigenvalue weighted by molar-refractivity contribution is -0.0521. The van der Waals surface area contributed by atoms with Gasteiger partial charge in [-0.2, -0.15) is 8.78 Å². The number of benzene rings is 3. The first-order valence-corrected chi connectivity index (χ1v) is 13.9. The van der Waals surface area contributed by atoms with Gasteiger partial charge in [0.25, 0.3) is 0 Å². The molecular weight excluding hydrogens is 557 g/mol. The second kappa shape index (κ2) is 11.2. The molecule has 41 heavy (non-hydrogen) atoms. The fourth-order valence-electron chi connectivity index (χ4n) is 6.12. The fraction of sp³-hybridized carbons (Fsp3) is 0.387. The van der Waals surface area contributed by atoms with Crippen molar-refractivity contribution >= 4 is 17.5 Å². The zero-order chi connectivity index (χ0) is 29.5. The molecule has 0 saturated heterocycles. The van der Waals surface area contributed by atoms with Crippen molar-refractivity contribution in [1.29, 1.82) is 0 Å². The normalized spacial score (nSPS) is 25.6. The van der Waals surface area contributed by atoms with E-state index in [1.165, 1.54) is 6.07 Å². The highest BCUT2D eigenvalue weighted by molar-refractivity contribution is 6.34. The summed E-state index contributed by atoms with van der Waals surface area (Å²) in [6, 6.07) is 15.0. The number of primary amides is 1. The van der Waals surface area contributed by atoms with Crippen LogP contribution < -0.4 is 20.5 Å². The highest BCUT2D eigenvalue weighted by Gasteiger charge is 2.49. The van der Waals surface area contributed by atoms with Gasteiger partial charge in [-0.1, -0.05) is 48.9 Å². The average molecular weight is 589 g/mol. The van der Waals surface area contributed by atoms with E-state index >= 15 is 4.39 Å². The molecule has 0 bridgehead atoms. The summed E-state index contributed by atoms with van der Waals surface area (Å²) in [5, 5.41) is 14.1. The van der Waals surface area contributed by atoms with Crippen LogP contribution in [0.5, 0.6) is 11.5 Å². The van der Waals surface area contributed by atoms with Crippen LogP contribution >= 0.6 is 11.6 Å². The van der Waals surface area contributed by atoms with E-state index in [4.69, 9.17) is 22.1 Å². The number of fused-ring (bicyclic) bond motifs is 1. The highest BCUT2D eigenvalue weighted by Crippen LogP contribution is 2.56. The van der Waals surface area contributed by atoms with Gasteiger partial charge in [-0.3, -0.25) is 4.79 Å². The number of halogens is 4. The molecule has 1 aliphatic heterocycles. The Bertz CT molecular complexity index is 1440. The molecule has 0 spiro atoms. The number of amides is 1. The second-order valence-corrected chi connectivity index (χ2v) is 11.5. The van der Waals surface area contributed by atoms with Crippen molar-refractivity contribution in [3.05, 3.63) is 82.1 Å². The van der Waals surface area contributed by atoms with Crippen molar-refractivity contribution < 1.29 is 32.5 Å². The van der Waals surface area contributed by atoms with Crippen LogP contribution in [0, 0.1) is 5.82 Å². The first kappa shape index (κ1) is 29.2. The highest BCUT2D eigenvalue weighted by atomic mass is 35.5. The Labute approximate surface area is 241 Å². The van der Waals surface area contributed by atoms with Crippen molar-refractivity contribution in [2.24, 2.45) is 5.73 Å². The molecule has 0 unspecified atom stereocenters. The molecule has 10 heteroatoms. The van der Waals surface area contributed by atoms with Crippen LogP contribution in [0.3, 0.4) is 0 Å². The zero-order valence-electron chi connectivity index (χ0n) is 22.7. The molecule has 6 nitrogen and oxygen atoms in total. The zero-order valence-corrected chi connectivity index (χ0v) is 23.5. The van der Waals surface area contributed by atoms with E-state index in [2.05, 4.69) is 10.1 Å². The number of nitrogens with two attached hydrogens (primary N) is 1. The number of aliphatic hydroxyl groups is 1. The monoisotopic (exact) mass is 588 g/mol. The Morgan fingerprint density at radius 1 is 1.15 bits per heavy atom. The minimum atomic E-state index is -3.28. The summed E-state index contributed by atoms with van der Waals surface area (Å²) in [5.74, 6) is -2.87. The molecule has 0 aromatic heterocycles. The van der Waals surface area contributed by atoms with Gasteiger partial charge in [0.2, 0.25) is 5.91 Å². The summed E-state index contributed by atoms with van der Waals surface area (Å²) < 4.78 is 53.2. The molecule has 1 saturated carbocycles. The van der Waals surface area contributed by atoms with Crippen molar-refractivity contribution in [1.82, 2.24) is 5.32 Å². The Morgan fingerprint density at radius 2 is 1.83 bits per heavy atom. The summed E-state index contributed by atoms with van der Waals surface area (Å²) in [6.45, 7) is 0.875. The topological polar surface area (TPSA) is 93.8 Å². The van der Waals surface area contributed by atoms with E-state index in [-0.39, 0.29) is 27.8 Å². The van der Waals surface area contributed by atoms with E-state index in [0.29, 0.717) is 30.7 Å². The van der Waals surface area contributed by atoms with Crippen LogP contribution in [-0.4, -0.2) is 35.8 Å². The van der Waals surface area contributed by atoms with Crippen molar-refractivity contribution in [2.75, 3.05) is 6.54 Å². The number of alkyl halides is 2. The first-order valence-electron chi connectivity index (χ1n) is 13.5. The maximum absolute atomic E-state index is 15.9. The van der Waals surface area contributed by atoms with E-state index in [1.807, 2.05) is 44.2 Å². The minimum Gasteiger partial charge on any atom is -0.480 e. The molecule has 218 valence electrons. The fourth-order valence-corrected chi connectivity index (χ4v) is 6.38. The molecular formula is C31H32ClF3N2O4. The molecule has 3 aromatic carbocycles. The summed E-state index contributed by atoms with van der Waals surface area (Å²) in [4.78, 5) is 12.4. The maximum atomic E-state index is 15.9. The van der Waals surface area contributed by atoms with Crippen LogP contribution in [-0.2, 0) is 5.60 Å². The van der Waals surface area contributed by atoms with Crippen LogP contribution in [0.1, 0.15) is 66.9 Å². The van der Waals surface area contributed by atoms with Gasteiger partial charge in [-0.25, -0.2) is 4.39 Å². The molecule has 0 radical (unpaired) electrons. The quantitative estimate of drug-likeness (QED) is 0.278. The minimum absolute atomic E-state index is 0.0983. The van der Waals surface area contributed by atoms with Crippen LogP contribution in [0.2, 0.25) is 5.02 Å². The van der Waals surface area contributed by atoms with Crippen molar-refractivity contribution in [3.63, 3.8) is 0 Å². The maximum Gasteiger partial charge on any atom is 0.387 e. The number of carbonyl (C=O) groups excluding carboxylic acids is 1. The molecule has 2 aliphatic rings. The van der Waals surface area contributed by atoms with E-state index < -0.39 is 41.2 Å². The Balaban J connectivity index is 1.62. The van der Waals surface area contributed by atoms with Crippen molar-refractivity contribution in [2.45, 2.75) is 69.3 Å². The Kier molecular flexibility index (Phi) is 7.98. The number of hydrogen-bond donors (Lipinski definition) is 3. The third-order valence-electron chi connectivity index (χ3n) is 8.40. The molecule has 2 atom stereocenters. The van der Waals surface area contributed by atoms with Gasteiger partial charge in [0.15, 0.2) is 17.2 Å². The summed E-state index contributed by atoms with van der Waals surface area (Å²) >= 11 is 6.68. The molecule has 1 amide bonds. The smallest absolute Gasteiger partial charge is 0.387 e. The number of hydrogen-bond acceptors (Lipinski definition) is 5. The summed E-state index contributed by atoms with van der Waals surface area (Å²) in [7, 11) is 0. The van der Waals surface area contributed by atoms with Gasteiger partial charge in [-0.05, 0) is 62.4 Å². The average Bonchev–Trinajstić information content (AvgIpc) is 3.22. The largest absolute Gasteiger partial charge is 0.480 e. The lowest BCUT2D eigenvalue weighted by Gasteiger charge is -2.38.